The molecule has 1 aromatic carbocycles. The Morgan fingerprint density at radius 3 is 2.48 bits per heavy atom. The van der Waals surface area contributed by atoms with E-state index in [2.05, 4.69) is 17.6 Å². The molecule has 25 heavy (non-hydrogen) atoms. The van der Waals surface area contributed by atoms with Gasteiger partial charge in [-0.25, -0.2) is 0 Å². The molecule has 1 aromatic rings. The van der Waals surface area contributed by atoms with Crippen molar-refractivity contribution in [3.63, 3.8) is 0 Å². The average Bonchev–Trinajstić information content (AvgIpc) is 2.64. The molecule has 1 rings (SSSR count). The zero-order valence-corrected chi connectivity index (χ0v) is 16.0. The minimum absolute atomic E-state index is 0.195. The Balaban J connectivity index is 2.27. The van der Waals surface area contributed by atoms with Gasteiger partial charge in [-0.15, -0.1) is 0 Å². The molecule has 0 bridgehead atoms. The third kappa shape index (κ3) is 10.2. The van der Waals surface area contributed by atoms with E-state index in [1.165, 1.54) is 32.1 Å². The lowest BCUT2D eigenvalue weighted by atomic mass is 10.1. The second kappa shape index (κ2) is 13.8. The largest absolute Gasteiger partial charge is 0.394 e. The molecule has 0 saturated carbocycles. The van der Waals surface area contributed by atoms with Crippen molar-refractivity contribution < 1.29 is 10.2 Å². The van der Waals surface area contributed by atoms with Crippen molar-refractivity contribution in [2.45, 2.75) is 57.6 Å². The van der Waals surface area contributed by atoms with E-state index in [4.69, 9.17) is 12.2 Å². The van der Waals surface area contributed by atoms with Crippen molar-refractivity contribution in [2.24, 2.45) is 0 Å². The van der Waals surface area contributed by atoms with Crippen LogP contribution in [0.15, 0.2) is 36.4 Å². The average molecular weight is 365 g/mol. The molecule has 0 aliphatic carbocycles. The van der Waals surface area contributed by atoms with Gasteiger partial charge in [-0.2, -0.15) is 0 Å². The van der Waals surface area contributed by atoms with Crippen LogP contribution in [0.1, 0.15) is 51.0 Å². The van der Waals surface area contributed by atoms with Gasteiger partial charge in [0.05, 0.1) is 18.8 Å². The number of hydrogen-bond donors (Lipinski definition) is 4. The van der Waals surface area contributed by atoms with Gasteiger partial charge in [0.25, 0.3) is 0 Å². The highest BCUT2D eigenvalue weighted by atomic mass is 32.1. The van der Waals surface area contributed by atoms with E-state index in [1.807, 2.05) is 36.4 Å². The predicted octanol–water partition coefficient (Wildman–Crippen LogP) is 3.25. The van der Waals surface area contributed by atoms with Crippen LogP contribution in [0.2, 0.25) is 0 Å². The van der Waals surface area contributed by atoms with Gasteiger partial charge < -0.3 is 20.8 Å². The molecule has 0 spiro atoms. The van der Waals surface area contributed by atoms with Crippen LogP contribution in [-0.2, 0) is 0 Å². The third-order valence-electron chi connectivity index (χ3n) is 4.03. The Labute approximate surface area is 157 Å². The van der Waals surface area contributed by atoms with E-state index in [0.29, 0.717) is 5.11 Å². The highest BCUT2D eigenvalue weighted by Gasteiger charge is 2.16. The lowest BCUT2D eigenvalue weighted by Crippen LogP contribution is -2.49. The van der Waals surface area contributed by atoms with Gasteiger partial charge in [0.15, 0.2) is 5.11 Å². The Kier molecular flexibility index (Phi) is 11.9. The fourth-order valence-electron chi connectivity index (χ4n) is 2.47. The first kappa shape index (κ1) is 21.6. The van der Waals surface area contributed by atoms with Gasteiger partial charge in [-0.3, -0.25) is 0 Å². The molecule has 0 radical (unpaired) electrons. The van der Waals surface area contributed by atoms with E-state index in [1.54, 1.807) is 6.08 Å². The molecule has 4 nitrogen and oxygen atoms in total. The Morgan fingerprint density at radius 1 is 1.12 bits per heavy atom. The normalized spacial score (nSPS) is 13.6. The second-order valence-corrected chi connectivity index (χ2v) is 6.63. The number of rotatable bonds is 12. The van der Waals surface area contributed by atoms with Crippen molar-refractivity contribution in [3.8, 4) is 0 Å². The molecule has 140 valence electrons. The van der Waals surface area contributed by atoms with Gasteiger partial charge in [0, 0.05) is 6.54 Å². The smallest absolute Gasteiger partial charge is 0.166 e. The highest BCUT2D eigenvalue weighted by molar-refractivity contribution is 7.80. The number of benzene rings is 1. The first-order valence-electron chi connectivity index (χ1n) is 9.24. The molecule has 0 amide bonds. The van der Waals surface area contributed by atoms with Crippen LogP contribution in [0.4, 0.5) is 0 Å². The molecule has 0 aliphatic rings. The molecule has 2 unspecified atom stereocenters. The van der Waals surface area contributed by atoms with Gasteiger partial charge in [-0.1, -0.05) is 81.5 Å². The van der Waals surface area contributed by atoms with E-state index in [-0.39, 0.29) is 6.61 Å². The molecule has 5 heteroatoms. The minimum Gasteiger partial charge on any atom is -0.394 e. The van der Waals surface area contributed by atoms with Crippen molar-refractivity contribution in [2.75, 3.05) is 13.2 Å². The molecule has 0 aromatic heterocycles. The van der Waals surface area contributed by atoms with Crippen LogP contribution in [0.25, 0.3) is 6.08 Å². The van der Waals surface area contributed by atoms with Crippen LogP contribution >= 0.6 is 12.2 Å². The molecule has 0 heterocycles. The molecule has 0 aliphatic heterocycles. The van der Waals surface area contributed by atoms with Gasteiger partial charge in [0.1, 0.15) is 0 Å². The van der Waals surface area contributed by atoms with E-state index in [0.717, 1.165) is 18.5 Å². The molecule has 0 fully saturated rings. The summed E-state index contributed by atoms with van der Waals surface area (Å²) in [5, 5.41) is 26.3. The number of unbranched alkanes of at least 4 members (excludes halogenated alkanes) is 5. The van der Waals surface area contributed by atoms with Crippen LogP contribution < -0.4 is 10.6 Å². The first-order chi connectivity index (χ1) is 12.2. The standard InChI is InChI=1S/C20H32N2O2S/c1-2-3-4-5-6-10-15-21-20(25)22-18(16-23)19(24)14-13-17-11-8-7-9-12-17/h7-9,11-14,18-19,23-24H,2-6,10,15-16H2,1H3,(H2,21,22,25). The zero-order chi connectivity index (χ0) is 18.3. The van der Waals surface area contributed by atoms with Gasteiger partial charge >= 0.3 is 0 Å². The summed E-state index contributed by atoms with van der Waals surface area (Å²) >= 11 is 5.24. The summed E-state index contributed by atoms with van der Waals surface area (Å²) in [6.45, 7) is 2.83. The fourth-order valence-corrected chi connectivity index (χ4v) is 2.73. The number of aliphatic hydroxyl groups excluding tert-OH is 2. The maximum Gasteiger partial charge on any atom is 0.166 e. The van der Waals surface area contributed by atoms with Gasteiger partial charge in [0.2, 0.25) is 0 Å². The number of hydrogen-bond acceptors (Lipinski definition) is 3. The second-order valence-electron chi connectivity index (χ2n) is 6.22. The van der Waals surface area contributed by atoms with E-state index < -0.39 is 12.1 Å². The summed E-state index contributed by atoms with van der Waals surface area (Å²) in [5.74, 6) is 0. The molecule has 0 saturated heterocycles. The summed E-state index contributed by atoms with van der Waals surface area (Å²) in [5.41, 5.74) is 1.00. The molecular weight excluding hydrogens is 332 g/mol. The van der Waals surface area contributed by atoms with Gasteiger partial charge in [-0.05, 0) is 24.2 Å². The van der Waals surface area contributed by atoms with Crippen LogP contribution in [0.3, 0.4) is 0 Å². The molecular formula is C20H32N2O2S. The maximum atomic E-state index is 10.2. The summed E-state index contributed by atoms with van der Waals surface area (Å²) < 4.78 is 0. The fraction of sp³-hybridized carbons (Fsp3) is 0.550. The quantitative estimate of drug-likeness (QED) is 0.339. The van der Waals surface area contributed by atoms with E-state index >= 15 is 0 Å². The lowest BCUT2D eigenvalue weighted by Gasteiger charge is -2.22. The van der Waals surface area contributed by atoms with Crippen molar-refractivity contribution >= 4 is 23.4 Å². The molecule has 4 N–H and O–H groups in total. The minimum atomic E-state index is -0.820. The van der Waals surface area contributed by atoms with Crippen LogP contribution in [0, 0.1) is 0 Å². The summed E-state index contributed by atoms with van der Waals surface area (Å²) in [4.78, 5) is 0. The Hall–Kier alpha value is -1.43. The van der Waals surface area contributed by atoms with E-state index in [9.17, 15) is 10.2 Å². The monoisotopic (exact) mass is 364 g/mol. The SMILES string of the molecule is CCCCCCCCNC(=S)NC(CO)C(O)C=Cc1ccccc1. The summed E-state index contributed by atoms with van der Waals surface area (Å²) in [6, 6.07) is 9.21. The molecule has 2 atom stereocenters. The van der Waals surface area contributed by atoms with Crippen molar-refractivity contribution in [3.05, 3.63) is 42.0 Å². The third-order valence-corrected chi connectivity index (χ3v) is 4.29. The summed E-state index contributed by atoms with van der Waals surface area (Å²) in [7, 11) is 0. The lowest BCUT2D eigenvalue weighted by molar-refractivity contribution is 0.134. The number of thiocarbonyl (C=S) groups is 1. The Morgan fingerprint density at radius 2 is 1.80 bits per heavy atom. The van der Waals surface area contributed by atoms with Crippen LogP contribution in [0.5, 0.6) is 0 Å². The van der Waals surface area contributed by atoms with Crippen molar-refractivity contribution in [1.29, 1.82) is 0 Å². The predicted molar refractivity (Wildman–Crippen MR) is 109 cm³/mol. The maximum absolute atomic E-state index is 10.2. The van der Waals surface area contributed by atoms with Crippen molar-refractivity contribution in [1.82, 2.24) is 10.6 Å². The zero-order valence-electron chi connectivity index (χ0n) is 15.2. The number of nitrogens with one attached hydrogen (secondary N) is 2. The highest BCUT2D eigenvalue weighted by Crippen LogP contribution is 2.05. The van der Waals surface area contributed by atoms with Crippen LogP contribution in [-0.4, -0.2) is 40.6 Å². The summed E-state index contributed by atoms with van der Waals surface area (Å²) in [6.07, 6.45) is 10.1. The Bertz CT molecular complexity index is 494. The topological polar surface area (TPSA) is 64.5 Å². The first-order valence-corrected chi connectivity index (χ1v) is 9.64. The number of aliphatic hydroxyl groups is 2.